The van der Waals surface area contributed by atoms with Gasteiger partial charge in [-0.3, -0.25) is 9.55 Å². The van der Waals surface area contributed by atoms with E-state index < -0.39 is 17.6 Å². The minimum Gasteiger partial charge on any atom is -0.473 e. The number of carboxylic acid groups (broad SMARTS) is 2. The topological polar surface area (TPSA) is 137 Å². The van der Waals surface area contributed by atoms with Crippen LogP contribution in [0.4, 0.5) is 4.39 Å². The van der Waals surface area contributed by atoms with E-state index in [9.17, 15) is 0 Å². The van der Waals surface area contributed by atoms with E-state index in [0.29, 0.717) is 25.2 Å². The average Bonchev–Trinajstić information content (AvgIpc) is 3.61. The number of nitrogens with zero attached hydrogens (tertiary/aromatic N) is 5. The Morgan fingerprint density at radius 1 is 1.13 bits per heavy atom. The Hall–Kier alpha value is -4.12. The number of alkyl halides is 1. The predicted molar refractivity (Wildman–Crippen MR) is 144 cm³/mol. The first-order valence-corrected chi connectivity index (χ1v) is 13.0. The summed E-state index contributed by atoms with van der Waals surface area (Å²) in [5.41, 5.74) is 3.58. The number of piperidine rings is 1. The van der Waals surface area contributed by atoms with Crippen molar-refractivity contribution < 1.29 is 24.2 Å². The zero-order valence-corrected chi connectivity index (χ0v) is 21.8. The van der Waals surface area contributed by atoms with Crippen LogP contribution in [0.25, 0.3) is 16.6 Å². The highest BCUT2D eigenvalue weighted by Crippen LogP contribution is 2.33. The van der Waals surface area contributed by atoms with Crippen molar-refractivity contribution in [1.29, 1.82) is 0 Å². The Morgan fingerprint density at radius 2 is 1.85 bits per heavy atom. The lowest BCUT2D eigenvalue weighted by atomic mass is 9.87. The molecule has 4 aromatic rings. The summed E-state index contributed by atoms with van der Waals surface area (Å²) in [6.45, 7) is 4.85. The molecule has 0 saturated carbocycles. The second kappa shape index (κ2) is 12.6. The van der Waals surface area contributed by atoms with Gasteiger partial charge in [-0.2, -0.15) is 0 Å². The Balaban J connectivity index is 0.000000531. The number of rotatable bonds is 8. The van der Waals surface area contributed by atoms with E-state index in [0.717, 1.165) is 43.7 Å². The smallest absolute Gasteiger partial charge is 0.414 e. The fourth-order valence-corrected chi connectivity index (χ4v) is 5.01. The second-order valence-electron chi connectivity index (χ2n) is 10.0. The van der Waals surface area contributed by atoms with E-state index in [4.69, 9.17) is 19.8 Å². The molecule has 0 spiro atoms. The molecular weight excluding hydrogens is 503 g/mol. The molecule has 5 rings (SSSR count). The third-order valence-corrected chi connectivity index (χ3v) is 7.26. The lowest BCUT2D eigenvalue weighted by Crippen LogP contribution is -2.43. The molecule has 4 heterocycles. The van der Waals surface area contributed by atoms with Gasteiger partial charge in [0.25, 0.3) is 0 Å². The Kier molecular flexibility index (Phi) is 9.03. The highest BCUT2D eigenvalue weighted by Gasteiger charge is 2.34. The first kappa shape index (κ1) is 27.9. The van der Waals surface area contributed by atoms with Gasteiger partial charge in [-0.05, 0) is 73.4 Å². The number of aliphatic carboxylic acids is 2. The quantitative estimate of drug-likeness (QED) is 0.285. The van der Waals surface area contributed by atoms with E-state index in [2.05, 4.69) is 56.4 Å². The number of benzene rings is 1. The lowest BCUT2D eigenvalue weighted by Gasteiger charge is -2.37. The first-order valence-electron chi connectivity index (χ1n) is 13.0. The van der Waals surface area contributed by atoms with Gasteiger partial charge in [-0.25, -0.2) is 14.0 Å². The number of likely N-dealkylation sites (tertiary alicyclic amines) is 1. The minimum atomic E-state index is -1.82. The molecule has 0 radical (unpaired) electrons. The zero-order valence-electron chi connectivity index (χ0n) is 21.8. The molecule has 1 atom stereocenters. The first-order chi connectivity index (χ1) is 18.7. The SMILES string of the molecule is CC(CN1CCC(F)(CCCc2c[nH]c3ccc(-n4cnnc4)cc23)CC1)c1cccnc1.O=C(O)C(=O)O. The number of hydrogen-bond donors (Lipinski definition) is 3. The number of H-pyrrole nitrogens is 1. The standard InChI is InChI=1S/C26H31FN6.C2H2O4/c1-20(21-5-3-11-28-15-21)17-32-12-9-26(27,10-13-32)8-2-4-22-16-29-25-7-6-23(14-24(22)25)33-18-30-31-19-33;3-1(4)2(5)6/h3,5-7,11,14-16,18-20,29H,2,4,8-10,12-13,17H2,1H3;(H,3,4)(H,5,6). The third-order valence-electron chi connectivity index (χ3n) is 7.26. The van der Waals surface area contributed by atoms with Crippen molar-refractivity contribution in [2.45, 2.75) is 50.6 Å². The second-order valence-corrected chi connectivity index (χ2v) is 10.0. The molecule has 0 amide bonds. The maximum absolute atomic E-state index is 15.5. The number of pyridine rings is 1. The van der Waals surface area contributed by atoms with Crippen molar-refractivity contribution >= 4 is 22.8 Å². The van der Waals surface area contributed by atoms with Crippen LogP contribution in [0.15, 0.2) is 61.6 Å². The number of nitrogens with one attached hydrogen (secondary N) is 1. The van der Waals surface area contributed by atoms with Crippen LogP contribution in [0, 0.1) is 0 Å². The number of hydrogen-bond acceptors (Lipinski definition) is 6. The molecule has 11 heteroatoms. The summed E-state index contributed by atoms with van der Waals surface area (Å²) >= 11 is 0. The molecule has 1 aromatic carbocycles. The molecule has 1 fully saturated rings. The molecule has 3 aromatic heterocycles. The number of carbonyl (C=O) groups is 2. The van der Waals surface area contributed by atoms with Gasteiger partial charge < -0.3 is 20.1 Å². The summed E-state index contributed by atoms with van der Waals surface area (Å²) in [6.07, 6.45) is 12.8. The monoisotopic (exact) mass is 536 g/mol. The summed E-state index contributed by atoms with van der Waals surface area (Å²) in [7, 11) is 0. The number of fused-ring (bicyclic) bond motifs is 1. The van der Waals surface area contributed by atoms with Gasteiger partial charge >= 0.3 is 11.9 Å². The van der Waals surface area contributed by atoms with Crippen LogP contribution in [0.2, 0.25) is 0 Å². The number of aryl methyl sites for hydroxylation is 1. The van der Waals surface area contributed by atoms with Gasteiger partial charge in [-0.1, -0.05) is 13.0 Å². The van der Waals surface area contributed by atoms with Crippen molar-refractivity contribution in [3.63, 3.8) is 0 Å². The van der Waals surface area contributed by atoms with E-state index in [1.807, 2.05) is 22.9 Å². The number of aromatic nitrogens is 5. The molecule has 206 valence electrons. The summed E-state index contributed by atoms with van der Waals surface area (Å²) in [6, 6.07) is 10.4. The minimum absolute atomic E-state index is 0.413. The van der Waals surface area contributed by atoms with Crippen LogP contribution in [0.1, 0.15) is 49.7 Å². The van der Waals surface area contributed by atoms with Crippen LogP contribution in [-0.4, -0.2) is 77.1 Å². The average molecular weight is 537 g/mol. The van der Waals surface area contributed by atoms with Gasteiger partial charge in [0.1, 0.15) is 18.3 Å². The molecular formula is C28H33FN6O4. The van der Waals surface area contributed by atoms with Crippen LogP contribution in [-0.2, 0) is 16.0 Å². The summed E-state index contributed by atoms with van der Waals surface area (Å²) in [5.74, 6) is -3.24. The molecule has 1 aliphatic rings. The van der Waals surface area contributed by atoms with Crippen LogP contribution < -0.4 is 0 Å². The Morgan fingerprint density at radius 3 is 2.49 bits per heavy atom. The number of halogens is 1. The fourth-order valence-electron chi connectivity index (χ4n) is 5.01. The van der Waals surface area contributed by atoms with Crippen LogP contribution >= 0.6 is 0 Å². The van der Waals surface area contributed by atoms with Crippen molar-refractivity contribution in [3.05, 3.63) is 72.7 Å². The summed E-state index contributed by atoms with van der Waals surface area (Å²) in [5, 5.41) is 23.8. The van der Waals surface area contributed by atoms with Crippen LogP contribution in [0.5, 0.6) is 0 Å². The molecule has 10 nitrogen and oxygen atoms in total. The number of aromatic amines is 1. The largest absolute Gasteiger partial charge is 0.473 e. The molecule has 0 aliphatic carbocycles. The highest BCUT2D eigenvalue weighted by atomic mass is 19.1. The normalized spacial score (nSPS) is 15.8. The Labute approximate surface area is 225 Å². The molecule has 0 bridgehead atoms. The van der Waals surface area contributed by atoms with E-state index in [1.165, 1.54) is 16.5 Å². The molecule has 1 unspecified atom stereocenters. The van der Waals surface area contributed by atoms with Gasteiger partial charge in [0, 0.05) is 54.8 Å². The maximum atomic E-state index is 15.5. The van der Waals surface area contributed by atoms with Crippen LogP contribution in [0.3, 0.4) is 0 Å². The highest BCUT2D eigenvalue weighted by molar-refractivity contribution is 6.27. The van der Waals surface area contributed by atoms with E-state index >= 15 is 4.39 Å². The zero-order chi connectivity index (χ0) is 27.8. The van der Waals surface area contributed by atoms with Gasteiger partial charge in [0.05, 0.1) is 0 Å². The van der Waals surface area contributed by atoms with Gasteiger partial charge in [0.2, 0.25) is 0 Å². The summed E-state index contributed by atoms with van der Waals surface area (Å²) in [4.78, 5) is 28.2. The lowest BCUT2D eigenvalue weighted by molar-refractivity contribution is -0.159. The predicted octanol–water partition coefficient (Wildman–Crippen LogP) is 4.23. The van der Waals surface area contributed by atoms with E-state index in [-0.39, 0.29) is 0 Å². The Bertz CT molecular complexity index is 1360. The van der Waals surface area contributed by atoms with Crippen molar-refractivity contribution in [2.75, 3.05) is 19.6 Å². The van der Waals surface area contributed by atoms with Crippen molar-refractivity contribution in [1.82, 2.24) is 29.6 Å². The fraction of sp³-hybridized carbons (Fsp3) is 0.393. The van der Waals surface area contributed by atoms with Crippen molar-refractivity contribution in [2.24, 2.45) is 0 Å². The van der Waals surface area contributed by atoms with Gasteiger partial charge in [-0.15, -0.1) is 10.2 Å². The van der Waals surface area contributed by atoms with Crippen molar-refractivity contribution in [3.8, 4) is 5.69 Å². The molecule has 1 aliphatic heterocycles. The molecule has 39 heavy (non-hydrogen) atoms. The number of carboxylic acids is 2. The summed E-state index contributed by atoms with van der Waals surface area (Å²) < 4.78 is 17.4. The van der Waals surface area contributed by atoms with Gasteiger partial charge in [0.15, 0.2) is 0 Å². The maximum Gasteiger partial charge on any atom is 0.414 e. The molecule has 1 saturated heterocycles. The third kappa shape index (κ3) is 7.47. The molecule has 3 N–H and O–H groups in total. The van der Waals surface area contributed by atoms with E-state index in [1.54, 1.807) is 18.9 Å².